The van der Waals surface area contributed by atoms with E-state index < -0.39 is 5.60 Å². The average Bonchev–Trinajstić information content (AvgIpc) is 3.78. The summed E-state index contributed by atoms with van der Waals surface area (Å²) in [5.41, 5.74) is 2.76. The number of nitrogens with zero attached hydrogens (tertiary/aromatic N) is 2. The van der Waals surface area contributed by atoms with Gasteiger partial charge in [0, 0.05) is 53.7 Å². The lowest BCUT2D eigenvalue weighted by molar-refractivity contribution is -0.141. The molecule has 7 nitrogen and oxygen atoms in total. The molecule has 0 radical (unpaired) electrons. The molecular weight excluding hydrogens is 528 g/mol. The first kappa shape index (κ1) is 27.1. The Kier molecular flexibility index (Phi) is 6.80. The van der Waals surface area contributed by atoms with Gasteiger partial charge in [-0.3, -0.25) is 14.7 Å². The second kappa shape index (κ2) is 10.1. The number of hydrogen-bond acceptors (Lipinski definition) is 7. The fraction of sp³-hybridized carbons (Fsp3) is 0.438. The maximum atomic E-state index is 11.9. The van der Waals surface area contributed by atoms with Crippen molar-refractivity contribution >= 4 is 23.1 Å². The van der Waals surface area contributed by atoms with E-state index in [9.17, 15) is 9.90 Å². The Hall–Kier alpha value is -3.13. The van der Waals surface area contributed by atoms with E-state index in [1.54, 1.807) is 6.20 Å². The van der Waals surface area contributed by atoms with Crippen LogP contribution in [0.15, 0.2) is 65.9 Å². The minimum Gasteiger partial charge on any atom is -0.490 e. The largest absolute Gasteiger partial charge is 0.490 e. The molecule has 2 aliphatic heterocycles. The van der Waals surface area contributed by atoms with Gasteiger partial charge >= 0.3 is 5.97 Å². The molecule has 2 aromatic rings. The summed E-state index contributed by atoms with van der Waals surface area (Å²) in [6.45, 7) is 8.33. The minimum absolute atomic E-state index is 0.0662. The number of pyridine rings is 1. The van der Waals surface area contributed by atoms with Crippen LogP contribution < -0.4 is 9.47 Å². The van der Waals surface area contributed by atoms with Crippen LogP contribution in [-0.4, -0.2) is 58.4 Å². The molecule has 4 atom stereocenters. The van der Waals surface area contributed by atoms with Gasteiger partial charge in [-0.2, -0.15) is 0 Å². The van der Waals surface area contributed by atoms with Gasteiger partial charge in [0.05, 0.1) is 16.8 Å². The Bertz CT molecular complexity index is 1430. The number of hydrogen-bond donors (Lipinski definition) is 1. The third-order valence-corrected chi connectivity index (χ3v) is 9.47. The zero-order valence-electron chi connectivity index (χ0n) is 23.2. The zero-order valence-corrected chi connectivity index (χ0v) is 23.9. The Morgan fingerprint density at radius 1 is 1.27 bits per heavy atom. The molecule has 4 aliphatic rings. The molecular formula is C32H35ClN2O5. The average molecular weight is 563 g/mol. The molecule has 40 heavy (non-hydrogen) atoms. The summed E-state index contributed by atoms with van der Waals surface area (Å²) >= 11 is 6.15. The molecule has 1 saturated carbocycles. The summed E-state index contributed by atoms with van der Waals surface area (Å²) in [4.78, 5) is 18.1. The summed E-state index contributed by atoms with van der Waals surface area (Å²) in [6.07, 6.45) is 11.6. The number of aliphatic hydroxyl groups is 1. The highest BCUT2D eigenvalue weighted by Crippen LogP contribution is 2.78. The van der Waals surface area contributed by atoms with E-state index in [4.69, 9.17) is 25.8 Å². The number of ether oxygens (including phenoxy) is 3. The quantitative estimate of drug-likeness (QED) is 0.267. The number of carbonyl (C=O) groups is 1. The van der Waals surface area contributed by atoms with E-state index in [1.165, 1.54) is 6.92 Å². The van der Waals surface area contributed by atoms with Gasteiger partial charge < -0.3 is 19.3 Å². The first-order chi connectivity index (χ1) is 19.2. The van der Waals surface area contributed by atoms with Crippen LogP contribution in [0.25, 0.3) is 5.57 Å². The number of esters is 1. The van der Waals surface area contributed by atoms with Crippen LogP contribution in [0.4, 0.5) is 0 Å². The second-order valence-electron chi connectivity index (χ2n) is 11.5. The molecule has 1 N–H and O–H groups in total. The van der Waals surface area contributed by atoms with Gasteiger partial charge in [0.2, 0.25) is 0 Å². The molecule has 3 heterocycles. The lowest BCUT2D eigenvalue weighted by atomic mass is 9.87. The SMILES string of the molecule is CC(=O)OCCOc1ccc2c(c1)/C(=C/CCN1CC13C(C)(C)C3(O)C1C=CC(Cl)=CC1)c1cccnc1CO2. The number of aromatic nitrogens is 1. The van der Waals surface area contributed by atoms with Crippen molar-refractivity contribution < 1.29 is 24.1 Å². The first-order valence-electron chi connectivity index (χ1n) is 13.9. The molecule has 4 unspecified atom stereocenters. The highest BCUT2D eigenvalue weighted by molar-refractivity contribution is 6.31. The number of allylic oxidation sites excluding steroid dienone is 3. The number of benzene rings is 1. The lowest BCUT2D eigenvalue weighted by Gasteiger charge is -2.24. The first-order valence-corrected chi connectivity index (χ1v) is 14.3. The number of fused-ring (bicyclic) bond motifs is 2. The molecule has 0 amide bonds. The van der Waals surface area contributed by atoms with Gasteiger partial charge in [-0.15, -0.1) is 0 Å². The predicted octanol–water partition coefficient (Wildman–Crippen LogP) is 5.26. The summed E-state index contributed by atoms with van der Waals surface area (Å²) < 4.78 is 17.0. The van der Waals surface area contributed by atoms with Crippen molar-refractivity contribution in [3.05, 3.63) is 82.7 Å². The van der Waals surface area contributed by atoms with Crippen LogP contribution in [0.2, 0.25) is 0 Å². The van der Waals surface area contributed by atoms with Crippen molar-refractivity contribution in [2.45, 2.75) is 51.4 Å². The molecule has 2 aliphatic carbocycles. The normalized spacial score (nSPS) is 30.0. The summed E-state index contributed by atoms with van der Waals surface area (Å²) in [7, 11) is 0. The van der Waals surface area contributed by atoms with Gasteiger partial charge in [-0.05, 0) is 48.8 Å². The summed E-state index contributed by atoms with van der Waals surface area (Å²) in [6, 6.07) is 9.79. The molecule has 1 aromatic carbocycles. The van der Waals surface area contributed by atoms with Gasteiger partial charge in [-0.25, -0.2) is 0 Å². The van der Waals surface area contributed by atoms with Crippen molar-refractivity contribution in [2.24, 2.45) is 11.3 Å². The van der Waals surface area contributed by atoms with E-state index in [2.05, 4.69) is 41.9 Å². The van der Waals surface area contributed by atoms with Gasteiger partial charge in [-0.1, -0.05) is 49.7 Å². The number of carbonyl (C=O) groups excluding carboxylic acids is 1. The third kappa shape index (κ3) is 4.26. The molecule has 1 aromatic heterocycles. The van der Waals surface area contributed by atoms with Crippen LogP contribution >= 0.6 is 11.6 Å². The third-order valence-electron chi connectivity index (χ3n) is 9.19. The second-order valence-corrected chi connectivity index (χ2v) is 11.9. The standard InChI is InChI=1S/C32H35ClN2O5/c1-21(36)38-16-17-39-24-12-13-29-27(18-24)25(26-6-4-14-34-28(26)19-40-29)7-5-15-35-20-31(35)30(2,3)32(31,37)22-8-10-23(33)11-9-22/h4,6-8,10-14,18,22,37H,5,9,15-17,19-20H2,1-3H3/b25-7+. The monoisotopic (exact) mass is 562 g/mol. The Labute approximate surface area is 240 Å². The maximum Gasteiger partial charge on any atom is 0.302 e. The number of rotatable bonds is 8. The van der Waals surface area contributed by atoms with Gasteiger partial charge in [0.15, 0.2) is 0 Å². The van der Waals surface area contributed by atoms with Crippen LogP contribution in [0.1, 0.15) is 50.4 Å². The Morgan fingerprint density at radius 3 is 2.90 bits per heavy atom. The smallest absolute Gasteiger partial charge is 0.302 e. The van der Waals surface area contributed by atoms with Crippen LogP contribution in [0.5, 0.6) is 11.5 Å². The Balaban J connectivity index is 1.21. The maximum absolute atomic E-state index is 11.9. The van der Waals surface area contributed by atoms with Gasteiger partial charge in [0.1, 0.15) is 31.3 Å². The van der Waals surface area contributed by atoms with Crippen molar-refractivity contribution in [1.82, 2.24) is 9.88 Å². The van der Waals surface area contributed by atoms with Gasteiger partial charge in [0.25, 0.3) is 0 Å². The van der Waals surface area contributed by atoms with E-state index in [-0.39, 0.29) is 36.1 Å². The van der Waals surface area contributed by atoms with Crippen molar-refractivity contribution in [3.63, 3.8) is 0 Å². The van der Waals surface area contributed by atoms with E-state index in [0.717, 1.165) is 59.1 Å². The molecule has 1 spiro atoms. The van der Waals surface area contributed by atoms with Crippen LogP contribution in [0.3, 0.4) is 0 Å². The van der Waals surface area contributed by atoms with Crippen LogP contribution in [-0.2, 0) is 16.1 Å². The number of halogens is 1. The molecule has 6 rings (SSSR count). The fourth-order valence-electron chi connectivity index (χ4n) is 7.05. The summed E-state index contributed by atoms with van der Waals surface area (Å²) in [5, 5.41) is 12.6. The molecule has 2 fully saturated rings. The minimum atomic E-state index is -0.768. The van der Waals surface area contributed by atoms with Crippen molar-refractivity contribution in [2.75, 3.05) is 26.3 Å². The Morgan fingerprint density at radius 2 is 2.12 bits per heavy atom. The predicted molar refractivity (Wildman–Crippen MR) is 153 cm³/mol. The highest BCUT2D eigenvalue weighted by Gasteiger charge is 2.92. The molecule has 0 bridgehead atoms. The summed E-state index contributed by atoms with van der Waals surface area (Å²) in [5.74, 6) is 1.19. The van der Waals surface area contributed by atoms with E-state index >= 15 is 0 Å². The van der Waals surface area contributed by atoms with Crippen molar-refractivity contribution in [1.29, 1.82) is 0 Å². The zero-order chi connectivity index (χ0) is 28.1. The topological polar surface area (TPSA) is 80.9 Å². The lowest BCUT2D eigenvalue weighted by Crippen LogP contribution is -2.30. The molecule has 1 saturated heterocycles. The van der Waals surface area contributed by atoms with Crippen LogP contribution in [0, 0.1) is 11.3 Å². The van der Waals surface area contributed by atoms with E-state index in [0.29, 0.717) is 12.4 Å². The molecule has 210 valence electrons. The highest BCUT2D eigenvalue weighted by atomic mass is 35.5. The fourth-order valence-corrected chi connectivity index (χ4v) is 7.21. The van der Waals surface area contributed by atoms with Crippen molar-refractivity contribution in [3.8, 4) is 11.5 Å². The van der Waals surface area contributed by atoms with E-state index in [1.807, 2.05) is 36.4 Å². The molecule has 8 heteroatoms.